The van der Waals surface area contributed by atoms with Crippen LogP contribution < -0.4 is 5.32 Å². The summed E-state index contributed by atoms with van der Waals surface area (Å²) in [7, 11) is 0. The van der Waals surface area contributed by atoms with E-state index in [1.54, 1.807) is 13.8 Å². The molecule has 2 rings (SSSR count). The minimum absolute atomic E-state index is 0.0341. The number of halogens is 1. The Hall–Kier alpha value is -2.15. The van der Waals surface area contributed by atoms with E-state index < -0.39 is 34.1 Å². The maximum atomic E-state index is 12.1. The first kappa shape index (κ1) is 15.2. The van der Waals surface area contributed by atoms with Crippen molar-refractivity contribution in [2.24, 2.45) is 17.3 Å². The van der Waals surface area contributed by atoms with E-state index in [1.807, 2.05) is 0 Å². The Morgan fingerprint density at radius 2 is 2.00 bits per heavy atom. The molecule has 0 aliphatic heterocycles. The van der Waals surface area contributed by atoms with E-state index in [0.29, 0.717) is 0 Å². The topological polar surface area (TPSA) is 110 Å². The highest BCUT2D eigenvalue weighted by molar-refractivity contribution is 6.32. The van der Waals surface area contributed by atoms with Crippen molar-refractivity contribution < 1.29 is 19.6 Å². The standard InChI is InChI=1S/C13H13ClN2O5/c1-13(2)9(10(13)12(18)19)11(17)15-6-3-4-7(14)8(5-6)16(20)21/h3-5,9-10H,1-2H3,(H,15,17)(H,18,19)/t9-,10+/m1/s1. The van der Waals surface area contributed by atoms with Gasteiger partial charge in [-0.15, -0.1) is 0 Å². The second kappa shape index (κ2) is 5.00. The average molecular weight is 313 g/mol. The Kier molecular flexibility index (Phi) is 3.63. The van der Waals surface area contributed by atoms with E-state index in [1.165, 1.54) is 12.1 Å². The number of carbonyl (C=O) groups is 2. The third-order valence-corrected chi connectivity index (χ3v) is 4.11. The fourth-order valence-electron chi connectivity index (χ4n) is 2.54. The summed E-state index contributed by atoms with van der Waals surface area (Å²) in [6.45, 7) is 3.39. The summed E-state index contributed by atoms with van der Waals surface area (Å²) in [5.74, 6) is -2.91. The number of nitrogens with zero attached hydrogens (tertiary/aromatic N) is 1. The maximum Gasteiger partial charge on any atom is 0.307 e. The van der Waals surface area contributed by atoms with Crippen molar-refractivity contribution in [2.45, 2.75) is 13.8 Å². The molecule has 0 spiro atoms. The van der Waals surface area contributed by atoms with Gasteiger partial charge in [-0.3, -0.25) is 19.7 Å². The molecular weight excluding hydrogens is 300 g/mol. The Labute approximate surface area is 125 Å². The van der Waals surface area contributed by atoms with Crippen LogP contribution in [0.2, 0.25) is 5.02 Å². The molecule has 0 saturated heterocycles. The van der Waals surface area contributed by atoms with Crippen LogP contribution in [-0.4, -0.2) is 21.9 Å². The van der Waals surface area contributed by atoms with Gasteiger partial charge in [-0.25, -0.2) is 0 Å². The Bertz CT molecular complexity index is 643. The van der Waals surface area contributed by atoms with Crippen molar-refractivity contribution in [3.05, 3.63) is 33.3 Å². The van der Waals surface area contributed by atoms with Gasteiger partial charge in [0.05, 0.1) is 16.8 Å². The first-order chi connectivity index (χ1) is 9.66. The van der Waals surface area contributed by atoms with E-state index >= 15 is 0 Å². The number of rotatable bonds is 4. The van der Waals surface area contributed by atoms with E-state index in [2.05, 4.69) is 5.32 Å². The molecule has 7 nitrogen and oxygen atoms in total. The van der Waals surface area contributed by atoms with Gasteiger partial charge in [0.2, 0.25) is 5.91 Å². The average Bonchev–Trinajstić information content (AvgIpc) is 2.94. The molecule has 2 atom stereocenters. The Morgan fingerprint density at radius 1 is 1.38 bits per heavy atom. The fourth-order valence-corrected chi connectivity index (χ4v) is 2.72. The lowest BCUT2D eigenvalue weighted by molar-refractivity contribution is -0.384. The molecule has 0 heterocycles. The summed E-state index contributed by atoms with van der Waals surface area (Å²) in [6.07, 6.45) is 0. The predicted octanol–water partition coefficient (Wildman–Crippen LogP) is 2.54. The molecule has 0 bridgehead atoms. The molecule has 0 unspecified atom stereocenters. The summed E-state index contributed by atoms with van der Waals surface area (Å²) in [4.78, 5) is 33.3. The van der Waals surface area contributed by atoms with Gasteiger partial charge in [0.25, 0.3) is 5.69 Å². The zero-order chi connectivity index (χ0) is 15.9. The molecule has 1 aromatic carbocycles. The summed E-state index contributed by atoms with van der Waals surface area (Å²) in [5, 5.41) is 22.3. The molecule has 2 N–H and O–H groups in total. The van der Waals surface area contributed by atoms with Gasteiger partial charge in [0.1, 0.15) is 5.02 Å². The Balaban J connectivity index is 2.17. The van der Waals surface area contributed by atoms with Crippen molar-refractivity contribution in [1.29, 1.82) is 0 Å². The monoisotopic (exact) mass is 312 g/mol. The number of carboxylic acid groups (broad SMARTS) is 1. The van der Waals surface area contributed by atoms with Crippen LogP contribution in [0.3, 0.4) is 0 Å². The molecule has 1 aliphatic rings. The lowest BCUT2D eigenvalue weighted by Crippen LogP contribution is -2.17. The van der Waals surface area contributed by atoms with Crippen molar-refractivity contribution in [3.8, 4) is 0 Å². The molecule has 1 saturated carbocycles. The smallest absolute Gasteiger partial charge is 0.307 e. The fraction of sp³-hybridized carbons (Fsp3) is 0.385. The number of carbonyl (C=O) groups excluding carboxylic acids is 1. The molecule has 1 aromatic rings. The summed E-state index contributed by atoms with van der Waals surface area (Å²) in [5.41, 5.74) is -0.740. The zero-order valence-corrected chi connectivity index (χ0v) is 12.0. The van der Waals surface area contributed by atoms with Crippen molar-refractivity contribution in [3.63, 3.8) is 0 Å². The lowest BCUT2D eigenvalue weighted by atomic mass is 10.1. The predicted molar refractivity (Wildman–Crippen MR) is 75.1 cm³/mol. The first-order valence-corrected chi connectivity index (χ1v) is 6.51. The molecule has 1 aliphatic carbocycles. The van der Waals surface area contributed by atoms with Gasteiger partial charge >= 0.3 is 5.97 Å². The number of aliphatic carboxylic acids is 1. The summed E-state index contributed by atoms with van der Waals surface area (Å²) < 4.78 is 0. The van der Waals surface area contributed by atoms with Crippen LogP contribution in [0.15, 0.2) is 18.2 Å². The molecular formula is C13H13ClN2O5. The largest absolute Gasteiger partial charge is 0.481 e. The first-order valence-electron chi connectivity index (χ1n) is 6.14. The second-order valence-electron chi connectivity index (χ2n) is 5.53. The van der Waals surface area contributed by atoms with E-state index in [9.17, 15) is 19.7 Å². The number of anilines is 1. The minimum atomic E-state index is -1.03. The van der Waals surface area contributed by atoms with Crippen LogP contribution in [0.1, 0.15) is 13.8 Å². The number of nitro groups is 1. The number of nitro benzene ring substituents is 1. The Morgan fingerprint density at radius 3 is 2.48 bits per heavy atom. The van der Waals surface area contributed by atoms with Gasteiger partial charge in [0.15, 0.2) is 0 Å². The number of nitrogens with one attached hydrogen (secondary N) is 1. The number of benzene rings is 1. The van der Waals surface area contributed by atoms with Crippen molar-refractivity contribution in [1.82, 2.24) is 0 Å². The summed E-state index contributed by atoms with van der Waals surface area (Å²) >= 11 is 5.68. The van der Waals surface area contributed by atoms with Gasteiger partial charge in [-0.1, -0.05) is 25.4 Å². The highest BCUT2D eigenvalue weighted by Gasteiger charge is 2.65. The zero-order valence-electron chi connectivity index (χ0n) is 11.3. The highest BCUT2D eigenvalue weighted by Crippen LogP contribution is 2.58. The molecule has 21 heavy (non-hydrogen) atoms. The van der Waals surface area contributed by atoms with Gasteiger partial charge in [-0.05, 0) is 17.5 Å². The van der Waals surface area contributed by atoms with Crippen LogP contribution in [0.4, 0.5) is 11.4 Å². The SMILES string of the molecule is CC1(C)[C@H](C(=O)O)[C@@H]1C(=O)Nc1ccc(Cl)c([N+](=O)[O-])c1. The third kappa shape index (κ3) is 2.69. The summed E-state index contributed by atoms with van der Waals surface area (Å²) in [6, 6.07) is 3.88. The second-order valence-corrected chi connectivity index (χ2v) is 5.93. The number of carboxylic acids is 1. The molecule has 8 heteroatoms. The lowest BCUT2D eigenvalue weighted by Gasteiger charge is -2.06. The van der Waals surface area contributed by atoms with Crippen LogP contribution in [0, 0.1) is 27.4 Å². The van der Waals surface area contributed by atoms with Crippen molar-refractivity contribution in [2.75, 3.05) is 5.32 Å². The van der Waals surface area contributed by atoms with E-state index in [-0.39, 0.29) is 16.4 Å². The maximum absolute atomic E-state index is 12.1. The molecule has 112 valence electrons. The quantitative estimate of drug-likeness (QED) is 0.655. The van der Waals surface area contributed by atoms with Gasteiger partial charge in [-0.2, -0.15) is 0 Å². The number of hydrogen-bond donors (Lipinski definition) is 2. The number of amides is 1. The molecule has 1 fully saturated rings. The van der Waals surface area contributed by atoms with E-state index in [4.69, 9.17) is 16.7 Å². The van der Waals surface area contributed by atoms with Crippen LogP contribution in [0.5, 0.6) is 0 Å². The molecule has 1 amide bonds. The van der Waals surface area contributed by atoms with E-state index in [0.717, 1.165) is 6.07 Å². The normalized spacial score (nSPS) is 22.4. The highest BCUT2D eigenvalue weighted by atomic mass is 35.5. The van der Waals surface area contributed by atoms with Crippen LogP contribution >= 0.6 is 11.6 Å². The minimum Gasteiger partial charge on any atom is -0.481 e. The molecule has 0 aromatic heterocycles. The third-order valence-electron chi connectivity index (χ3n) is 3.79. The molecule has 0 radical (unpaired) electrons. The van der Waals surface area contributed by atoms with Crippen LogP contribution in [0.25, 0.3) is 0 Å². The van der Waals surface area contributed by atoms with Crippen molar-refractivity contribution >= 4 is 34.9 Å². The number of hydrogen-bond acceptors (Lipinski definition) is 4. The van der Waals surface area contributed by atoms with Gasteiger partial charge < -0.3 is 10.4 Å². The van der Waals surface area contributed by atoms with Gasteiger partial charge in [0, 0.05) is 11.8 Å². The van der Waals surface area contributed by atoms with Crippen LogP contribution in [-0.2, 0) is 9.59 Å².